The van der Waals surface area contributed by atoms with Gasteiger partial charge in [0, 0.05) is 28.8 Å². The van der Waals surface area contributed by atoms with Gasteiger partial charge in [0.05, 0.1) is 6.54 Å². The lowest BCUT2D eigenvalue weighted by Crippen LogP contribution is -3.10. The van der Waals surface area contributed by atoms with Crippen molar-refractivity contribution in [3.8, 4) is 0 Å². The zero-order valence-electron chi connectivity index (χ0n) is 16.6. The molecule has 0 saturated carbocycles. The van der Waals surface area contributed by atoms with Crippen LogP contribution in [0.2, 0.25) is 0 Å². The lowest BCUT2D eigenvalue weighted by atomic mass is 9.99. The normalized spacial score (nSPS) is 15.7. The van der Waals surface area contributed by atoms with Gasteiger partial charge in [-0.1, -0.05) is 54.6 Å². The molecule has 0 saturated heterocycles. The first-order valence-electron chi connectivity index (χ1n) is 9.97. The summed E-state index contributed by atoms with van der Waals surface area (Å²) in [6.07, 6.45) is 1.14. The Kier molecular flexibility index (Phi) is 5.27. The SMILES string of the molecule is Cc1cccc(C)c1NC(=O)c1ccc(C[NH+]2CCc3ccccc3C2)cc1. The van der Waals surface area contributed by atoms with Crippen LogP contribution < -0.4 is 10.2 Å². The molecule has 1 aliphatic heterocycles. The van der Waals surface area contributed by atoms with Crippen molar-refractivity contribution in [2.24, 2.45) is 0 Å². The molecule has 0 aromatic heterocycles. The summed E-state index contributed by atoms with van der Waals surface area (Å²) in [6.45, 7) is 7.26. The van der Waals surface area contributed by atoms with Gasteiger partial charge in [0.15, 0.2) is 0 Å². The first kappa shape index (κ1) is 18.5. The fourth-order valence-corrected chi connectivity index (χ4v) is 4.05. The number of hydrogen-bond donors (Lipinski definition) is 2. The molecule has 1 unspecified atom stereocenters. The fourth-order valence-electron chi connectivity index (χ4n) is 4.05. The number of hydrogen-bond acceptors (Lipinski definition) is 1. The van der Waals surface area contributed by atoms with Gasteiger partial charge in [-0.2, -0.15) is 0 Å². The molecule has 3 heteroatoms. The first-order chi connectivity index (χ1) is 13.6. The Morgan fingerprint density at radius 3 is 2.29 bits per heavy atom. The van der Waals surface area contributed by atoms with E-state index in [0.717, 1.165) is 42.9 Å². The fraction of sp³-hybridized carbons (Fsp3) is 0.240. The van der Waals surface area contributed by atoms with E-state index in [2.05, 4.69) is 41.7 Å². The van der Waals surface area contributed by atoms with Crippen molar-refractivity contribution >= 4 is 11.6 Å². The maximum Gasteiger partial charge on any atom is 0.255 e. The highest BCUT2D eigenvalue weighted by atomic mass is 16.1. The van der Waals surface area contributed by atoms with Gasteiger partial charge < -0.3 is 10.2 Å². The molecule has 1 amide bonds. The van der Waals surface area contributed by atoms with Crippen LogP contribution in [0.4, 0.5) is 5.69 Å². The molecule has 0 aliphatic carbocycles. The summed E-state index contributed by atoms with van der Waals surface area (Å²) < 4.78 is 0. The Morgan fingerprint density at radius 1 is 0.893 bits per heavy atom. The number of carbonyl (C=O) groups is 1. The van der Waals surface area contributed by atoms with E-state index in [1.165, 1.54) is 16.7 Å². The summed E-state index contributed by atoms with van der Waals surface area (Å²) in [6, 6.07) is 22.9. The van der Waals surface area contributed by atoms with Crippen LogP contribution >= 0.6 is 0 Å². The Morgan fingerprint density at radius 2 is 1.57 bits per heavy atom. The van der Waals surface area contributed by atoms with Gasteiger partial charge in [-0.15, -0.1) is 0 Å². The van der Waals surface area contributed by atoms with Crippen LogP contribution in [0.1, 0.15) is 38.2 Å². The Balaban J connectivity index is 1.41. The van der Waals surface area contributed by atoms with Crippen molar-refractivity contribution in [3.05, 3.63) is 100 Å². The predicted molar refractivity (Wildman–Crippen MR) is 114 cm³/mol. The summed E-state index contributed by atoms with van der Waals surface area (Å²) in [5.74, 6) is -0.0526. The highest BCUT2D eigenvalue weighted by Crippen LogP contribution is 2.20. The van der Waals surface area contributed by atoms with Crippen LogP contribution in [0.25, 0.3) is 0 Å². The maximum atomic E-state index is 12.6. The summed E-state index contributed by atoms with van der Waals surface area (Å²) >= 11 is 0. The van der Waals surface area contributed by atoms with E-state index in [1.54, 1.807) is 4.90 Å². The van der Waals surface area contributed by atoms with Crippen molar-refractivity contribution in [1.82, 2.24) is 0 Å². The molecule has 1 heterocycles. The van der Waals surface area contributed by atoms with Crippen molar-refractivity contribution < 1.29 is 9.69 Å². The molecule has 0 fully saturated rings. The van der Waals surface area contributed by atoms with E-state index in [1.807, 2.05) is 44.2 Å². The second kappa shape index (κ2) is 7.99. The van der Waals surface area contributed by atoms with E-state index < -0.39 is 0 Å². The Bertz CT molecular complexity index is 971. The number of rotatable bonds is 4. The van der Waals surface area contributed by atoms with Gasteiger partial charge in [0.1, 0.15) is 13.1 Å². The largest absolute Gasteiger partial charge is 0.327 e. The molecule has 3 aromatic carbocycles. The second-order valence-corrected chi connectivity index (χ2v) is 7.79. The minimum absolute atomic E-state index is 0.0526. The smallest absolute Gasteiger partial charge is 0.255 e. The zero-order chi connectivity index (χ0) is 19.5. The summed E-state index contributed by atoms with van der Waals surface area (Å²) in [5, 5.41) is 3.06. The van der Waals surface area contributed by atoms with Crippen LogP contribution in [0.5, 0.6) is 0 Å². The molecule has 1 atom stereocenters. The van der Waals surface area contributed by atoms with Crippen LogP contribution in [-0.4, -0.2) is 12.5 Å². The summed E-state index contributed by atoms with van der Waals surface area (Å²) in [4.78, 5) is 14.2. The number of aryl methyl sites for hydroxylation is 2. The third kappa shape index (κ3) is 4.00. The van der Waals surface area contributed by atoms with Crippen molar-refractivity contribution in [2.45, 2.75) is 33.4 Å². The zero-order valence-corrected chi connectivity index (χ0v) is 16.6. The van der Waals surface area contributed by atoms with Gasteiger partial charge in [0.2, 0.25) is 0 Å². The number of para-hydroxylation sites is 1. The van der Waals surface area contributed by atoms with Gasteiger partial charge in [-0.05, 0) is 42.7 Å². The molecule has 2 N–H and O–H groups in total. The Labute approximate surface area is 167 Å². The Hall–Kier alpha value is -2.91. The van der Waals surface area contributed by atoms with Gasteiger partial charge >= 0.3 is 0 Å². The standard InChI is InChI=1S/C25H26N2O/c1-18-6-5-7-19(2)24(18)26-25(28)22-12-10-20(11-13-22)16-27-15-14-21-8-3-4-9-23(21)17-27/h3-13H,14-17H2,1-2H3,(H,26,28)/p+1. The van der Waals surface area contributed by atoms with Crippen LogP contribution in [0.3, 0.4) is 0 Å². The molecular formula is C25H27N2O+. The molecule has 4 rings (SSSR count). The van der Waals surface area contributed by atoms with E-state index in [-0.39, 0.29) is 5.91 Å². The topological polar surface area (TPSA) is 33.5 Å². The number of nitrogens with one attached hydrogen (secondary N) is 2. The van der Waals surface area contributed by atoms with E-state index >= 15 is 0 Å². The third-order valence-corrected chi connectivity index (χ3v) is 5.70. The first-order valence-corrected chi connectivity index (χ1v) is 9.97. The third-order valence-electron chi connectivity index (χ3n) is 5.70. The number of amides is 1. The van der Waals surface area contributed by atoms with Crippen molar-refractivity contribution in [3.63, 3.8) is 0 Å². The number of carbonyl (C=O) groups excluding carboxylic acids is 1. The summed E-state index contributed by atoms with van der Waals surface area (Å²) in [7, 11) is 0. The molecule has 3 nitrogen and oxygen atoms in total. The molecule has 0 spiro atoms. The highest BCUT2D eigenvalue weighted by molar-refractivity contribution is 6.05. The lowest BCUT2D eigenvalue weighted by Gasteiger charge is -2.26. The lowest BCUT2D eigenvalue weighted by molar-refractivity contribution is -0.929. The van der Waals surface area contributed by atoms with Crippen molar-refractivity contribution in [2.75, 3.05) is 11.9 Å². The number of quaternary nitrogens is 1. The molecule has 3 aromatic rings. The molecule has 1 aliphatic rings. The molecule has 0 bridgehead atoms. The van der Waals surface area contributed by atoms with Crippen LogP contribution in [0.15, 0.2) is 66.7 Å². The number of anilines is 1. The van der Waals surface area contributed by atoms with E-state index in [0.29, 0.717) is 5.56 Å². The second-order valence-electron chi connectivity index (χ2n) is 7.79. The van der Waals surface area contributed by atoms with Gasteiger partial charge in [0.25, 0.3) is 5.91 Å². The van der Waals surface area contributed by atoms with E-state index in [4.69, 9.17) is 0 Å². The van der Waals surface area contributed by atoms with Crippen molar-refractivity contribution in [1.29, 1.82) is 0 Å². The average Bonchev–Trinajstić information content (AvgIpc) is 2.71. The maximum absolute atomic E-state index is 12.6. The highest BCUT2D eigenvalue weighted by Gasteiger charge is 2.19. The molecular weight excluding hydrogens is 344 g/mol. The summed E-state index contributed by atoms with van der Waals surface area (Å²) in [5.41, 5.74) is 8.01. The quantitative estimate of drug-likeness (QED) is 0.720. The van der Waals surface area contributed by atoms with Crippen LogP contribution in [-0.2, 0) is 19.5 Å². The minimum atomic E-state index is -0.0526. The molecule has 0 radical (unpaired) electrons. The number of fused-ring (bicyclic) bond motifs is 1. The average molecular weight is 372 g/mol. The van der Waals surface area contributed by atoms with Gasteiger partial charge in [-0.3, -0.25) is 4.79 Å². The minimum Gasteiger partial charge on any atom is -0.327 e. The van der Waals surface area contributed by atoms with Gasteiger partial charge in [-0.25, -0.2) is 0 Å². The van der Waals surface area contributed by atoms with Crippen LogP contribution in [0, 0.1) is 13.8 Å². The monoisotopic (exact) mass is 371 g/mol. The molecule has 28 heavy (non-hydrogen) atoms. The predicted octanol–water partition coefficient (Wildman–Crippen LogP) is 3.70. The van der Waals surface area contributed by atoms with E-state index in [9.17, 15) is 4.79 Å². The number of benzene rings is 3. The molecule has 142 valence electrons.